The van der Waals surface area contributed by atoms with Crippen LogP contribution in [0, 0.1) is 22.7 Å². The maximum atomic E-state index is 12.8. The van der Waals surface area contributed by atoms with Crippen LogP contribution in [-0.4, -0.2) is 48.2 Å². The second-order valence-corrected chi connectivity index (χ2v) is 8.39. The number of carbonyl (C=O) groups excluding carboxylic acids is 1. The number of aromatic nitrogens is 1. The van der Waals surface area contributed by atoms with Crippen LogP contribution in [0.1, 0.15) is 19.8 Å². The Kier molecular flexibility index (Phi) is 8.64. The Morgan fingerprint density at radius 2 is 2.09 bits per heavy atom. The van der Waals surface area contributed by atoms with E-state index in [0.29, 0.717) is 17.7 Å². The molecule has 0 unspecified atom stereocenters. The summed E-state index contributed by atoms with van der Waals surface area (Å²) in [5.41, 5.74) is 0.258. The molecule has 2 heterocycles. The molecule has 1 amide bonds. The van der Waals surface area contributed by atoms with Crippen molar-refractivity contribution >= 4 is 34.7 Å². The number of nitrogens with one attached hydrogen (secondary N) is 2. The summed E-state index contributed by atoms with van der Waals surface area (Å²) in [5, 5.41) is 23.6. The van der Waals surface area contributed by atoms with Gasteiger partial charge in [0.1, 0.15) is 34.2 Å². The van der Waals surface area contributed by atoms with Crippen LogP contribution in [0.5, 0.6) is 5.75 Å². The van der Waals surface area contributed by atoms with Crippen LogP contribution in [0.15, 0.2) is 29.1 Å². The van der Waals surface area contributed by atoms with Gasteiger partial charge >= 0.3 is 0 Å². The lowest BCUT2D eigenvalue weighted by Gasteiger charge is -2.15. The molecule has 1 saturated heterocycles. The Morgan fingerprint density at radius 3 is 2.79 bits per heavy atom. The third-order valence-corrected chi connectivity index (χ3v) is 6.31. The Labute approximate surface area is 195 Å². The second kappa shape index (κ2) is 11.9. The molecule has 1 aromatic heterocycles. The summed E-state index contributed by atoms with van der Waals surface area (Å²) in [7, 11) is 0. The summed E-state index contributed by atoms with van der Waals surface area (Å²) in [5.74, 6) is 0.0560. The largest absolute Gasteiger partial charge is 0.492 e. The van der Waals surface area contributed by atoms with E-state index in [-0.39, 0.29) is 22.3 Å². The van der Waals surface area contributed by atoms with Crippen molar-refractivity contribution in [3.05, 3.63) is 43.8 Å². The molecule has 0 atom stereocenters. The number of likely N-dealkylation sites (tertiary alicyclic amines) is 1. The van der Waals surface area contributed by atoms with Crippen LogP contribution in [0.3, 0.4) is 0 Å². The number of carbonyl (C=O) groups is 1. The Hall–Kier alpha value is -3.60. The summed E-state index contributed by atoms with van der Waals surface area (Å²) >= 11 is 1.05. The molecule has 2 aromatic rings. The quantitative estimate of drug-likeness (QED) is 0.518. The second-order valence-electron chi connectivity index (χ2n) is 7.36. The Balaban J connectivity index is 1.79. The number of rotatable bonds is 9. The first-order valence-corrected chi connectivity index (χ1v) is 11.6. The van der Waals surface area contributed by atoms with Crippen molar-refractivity contribution in [3.63, 3.8) is 0 Å². The third-order valence-electron chi connectivity index (χ3n) is 5.18. The van der Waals surface area contributed by atoms with Gasteiger partial charge in [0.2, 0.25) is 0 Å². The fourth-order valence-corrected chi connectivity index (χ4v) is 4.61. The van der Waals surface area contributed by atoms with E-state index in [9.17, 15) is 14.9 Å². The maximum absolute atomic E-state index is 12.8. The lowest BCUT2D eigenvalue weighted by molar-refractivity contribution is -0.115. The van der Waals surface area contributed by atoms with Crippen molar-refractivity contribution in [1.82, 2.24) is 14.8 Å². The molecular weight excluding hydrogens is 440 g/mol. The van der Waals surface area contributed by atoms with Crippen molar-refractivity contribution in [2.24, 2.45) is 0 Å². The highest BCUT2D eigenvalue weighted by Crippen LogP contribution is 2.17. The van der Waals surface area contributed by atoms with E-state index >= 15 is 0 Å². The molecule has 172 valence electrons. The molecule has 2 N–H and O–H groups in total. The zero-order valence-corrected chi connectivity index (χ0v) is 19.3. The molecule has 0 aliphatic carbocycles. The number of benzene rings is 1. The predicted octanol–water partition coefficient (Wildman–Crippen LogP) is 0.568. The minimum atomic E-state index is -0.680. The predicted molar refractivity (Wildman–Crippen MR) is 127 cm³/mol. The van der Waals surface area contributed by atoms with Gasteiger partial charge in [0, 0.05) is 31.0 Å². The highest BCUT2D eigenvalue weighted by Gasteiger charge is 2.15. The number of thiazole rings is 1. The maximum Gasteiger partial charge on any atom is 0.270 e. The smallest absolute Gasteiger partial charge is 0.270 e. The average molecular weight is 467 g/mol. The molecule has 10 heteroatoms. The van der Waals surface area contributed by atoms with Crippen molar-refractivity contribution in [1.29, 1.82) is 10.5 Å². The molecular formula is C23H26N6O3S. The summed E-state index contributed by atoms with van der Waals surface area (Å²) in [4.78, 5) is 27.4. The van der Waals surface area contributed by atoms with Gasteiger partial charge in [-0.2, -0.15) is 10.5 Å². The summed E-state index contributed by atoms with van der Waals surface area (Å²) in [6.45, 7) is 5.62. The fraction of sp³-hybridized carbons (Fsp3) is 0.391. The summed E-state index contributed by atoms with van der Waals surface area (Å²) in [6, 6.07) is 11.1. The molecule has 1 aliphatic rings. The molecule has 1 fully saturated rings. The normalized spacial score (nSPS) is 14.9. The number of ether oxygens (including phenoxy) is 1. The molecule has 1 aliphatic heterocycles. The lowest BCUT2D eigenvalue weighted by atomic mass is 10.3. The van der Waals surface area contributed by atoms with E-state index in [0.717, 1.165) is 42.4 Å². The molecule has 0 spiro atoms. The molecule has 0 bridgehead atoms. The van der Waals surface area contributed by atoms with E-state index in [1.807, 2.05) is 30.3 Å². The monoisotopic (exact) mass is 466 g/mol. The Bertz CT molecular complexity index is 1240. The first-order valence-electron chi connectivity index (χ1n) is 10.8. The molecule has 33 heavy (non-hydrogen) atoms. The molecule has 0 saturated carbocycles. The number of nitrogens with zero attached hydrogens (tertiary/aromatic N) is 4. The van der Waals surface area contributed by atoms with E-state index in [1.165, 1.54) is 17.4 Å². The van der Waals surface area contributed by atoms with Gasteiger partial charge in [-0.05, 0) is 45.0 Å². The van der Waals surface area contributed by atoms with Crippen molar-refractivity contribution in [3.8, 4) is 17.9 Å². The lowest BCUT2D eigenvalue weighted by Crippen LogP contribution is -2.34. The molecule has 0 radical (unpaired) electrons. The first-order chi connectivity index (χ1) is 16.1. The first kappa shape index (κ1) is 24.1. The Morgan fingerprint density at radius 1 is 1.30 bits per heavy atom. The van der Waals surface area contributed by atoms with E-state index in [2.05, 4.69) is 15.5 Å². The van der Waals surface area contributed by atoms with Crippen molar-refractivity contribution in [2.75, 3.05) is 38.1 Å². The minimum absolute atomic E-state index is 0.192. The van der Waals surface area contributed by atoms with Crippen LogP contribution >= 0.6 is 11.3 Å². The number of anilines is 1. The van der Waals surface area contributed by atoms with Crippen LogP contribution in [0.2, 0.25) is 0 Å². The van der Waals surface area contributed by atoms with Crippen molar-refractivity contribution < 1.29 is 9.53 Å². The van der Waals surface area contributed by atoms with E-state index in [1.54, 1.807) is 19.2 Å². The van der Waals surface area contributed by atoms with Crippen LogP contribution in [-0.2, 0) is 11.3 Å². The number of hydrogen-bond acceptors (Lipinski definition) is 8. The van der Waals surface area contributed by atoms with Gasteiger partial charge in [-0.1, -0.05) is 6.07 Å². The SMILES string of the molecule is CCn1c(=O)/c(=C\Nc2cccc(OCCN3CCCC3)c2)s/c1=C(/C#N)C(=O)NCC#N. The van der Waals surface area contributed by atoms with Gasteiger partial charge in [-0.15, -0.1) is 11.3 Å². The minimum Gasteiger partial charge on any atom is -0.492 e. The average Bonchev–Trinajstić information content (AvgIpc) is 3.45. The molecule has 1 aromatic carbocycles. The zero-order valence-electron chi connectivity index (χ0n) is 18.5. The number of hydrogen-bond donors (Lipinski definition) is 2. The molecule has 9 nitrogen and oxygen atoms in total. The number of nitriles is 2. The third kappa shape index (κ3) is 6.22. The fourth-order valence-electron chi connectivity index (χ4n) is 3.52. The summed E-state index contributed by atoms with van der Waals surface area (Å²) < 4.78 is 7.85. The van der Waals surface area contributed by atoms with E-state index < -0.39 is 5.91 Å². The van der Waals surface area contributed by atoms with Crippen LogP contribution in [0.25, 0.3) is 11.8 Å². The van der Waals surface area contributed by atoms with Crippen LogP contribution < -0.4 is 30.1 Å². The van der Waals surface area contributed by atoms with Gasteiger partial charge in [0.05, 0.1) is 6.07 Å². The number of amides is 1. The van der Waals surface area contributed by atoms with Gasteiger partial charge in [0.15, 0.2) is 5.57 Å². The highest BCUT2D eigenvalue weighted by atomic mass is 32.1. The van der Waals surface area contributed by atoms with Gasteiger partial charge in [-0.25, -0.2) is 0 Å². The van der Waals surface area contributed by atoms with Crippen molar-refractivity contribution in [2.45, 2.75) is 26.3 Å². The molecule has 3 rings (SSSR count). The topological polar surface area (TPSA) is 123 Å². The highest BCUT2D eigenvalue weighted by molar-refractivity contribution is 7.07. The zero-order chi connectivity index (χ0) is 23.6. The van der Waals surface area contributed by atoms with Gasteiger partial charge in [-0.3, -0.25) is 19.1 Å². The standard InChI is InChI=1S/C23H26N6O3S/c1-2-29-22(31)20(33-23(29)19(15-25)21(30)26-9-8-24)16-27-17-6-5-7-18(14-17)32-13-12-28-10-3-4-11-28/h5-7,14,16,27H,2-4,9-13H2,1H3,(H,26,30)/b20-16+,23-19-. The van der Waals surface area contributed by atoms with Gasteiger partial charge < -0.3 is 15.4 Å². The van der Waals surface area contributed by atoms with Gasteiger partial charge in [0.25, 0.3) is 11.5 Å². The van der Waals surface area contributed by atoms with Crippen LogP contribution in [0.4, 0.5) is 5.69 Å². The van der Waals surface area contributed by atoms with E-state index in [4.69, 9.17) is 10.00 Å². The summed E-state index contributed by atoms with van der Waals surface area (Å²) in [6.07, 6.45) is 4.06.